The van der Waals surface area contributed by atoms with Crippen molar-refractivity contribution >= 4 is 11.6 Å². The van der Waals surface area contributed by atoms with Crippen molar-refractivity contribution in [2.24, 2.45) is 5.10 Å². The number of nitrogens with zero attached hydrogens (tertiary/aromatic N) is 3. The van der Waals surface area contributed by atoms with Crippen LogP contribution in [0.5, 0.6) is 23.0 Å². The highest BCUT2D eigenvalue weighted by Gasteiger charge is 2.36. The van der Waals surface area contributed by atoms with Gasteiger partial charge in [-0.05, 0) is 30.3 Å². The molecule has 182 valence electrons. The molecule has 0 N–H and O–H groups in total. The van der Waals surface area contributed by atoms with Crippen molar-refractivity contribution in [3.8, 4) is 23.0 Å². The van der Waals surface area contributed by atoms with Gasteiger partial charge in [-0.15, -0.1) is 0 Å². The number of hydrogen-bond donors (Lipinski definition) is 0. The molecular formula is C25H31N3O6. The van der Waals surface area contributed by atoms with E-state index in [-0.39, 0.29) is 18.5 Å². The predicted molar refractivity (Wildman–Crippen MR) is 127 cm³/mol. The van der Waals surface area contributed by atoms with E-state index < -0.39 is 0 Å². The maximum absolute atomic E-state index is 13.4. The Labute approximate surface area is 199 Å². The molecule has 1 atom stereocenters. The molecule has 2 aromatic rings. The van der Waals surface area contributed by atoms with Gasteiger partial charge in [0.05, 0.1) is 60.0 Å². The number of ether oxygens (including phenoxy) is 5. The summed E-state index contributed by atoms with van der Waals surface area (Å²) in [4.78, 5) is 15.5. The molecule has 1 saturated heterocycles. The summed E-state index contributed by atoms with van der Waals surface area (Å²) in [6.07, 6.45) is 0.535. The first-order chi connectivity index (χ1) is 16.6. The number of hydrogen-bond acceptors (Lipinski definition) is 8. The van der Waals surface area contributed by atoms with Gasteiger partial charge in [0.25, 0.3) is 5.91 Å². The molecule has 2 aromatic carbocycles. The van der Waals surface area contributed by atoms with Crippen molar-refractivity contribution in [1.29, 1.82) is 0 Å². The monoisotopic (exact) mass is 469 g/mol. The molecule has 1 amide bonds. The van der Waals surface area contributed by atoms with Gasteiger partial charge in [0.15, 0.2) is 11.5 Å². The molecule has 4 rings (SSSR count). The minimum absolute atomic E-state index is 0.0692. The van der Waals surface area contributed by atoms with Crippen LogP contribution in [0.2, 0.25) is 0 Å². The summed E-state index contributed by atoms with van der Waals surface area (Å²) in [5.74, 6) is 2.51. The molecule has 2 heterocycles. The molecule has 9 nitrogen and oxygen atoms in total. The number of morpholine rings is 1. The van der Waals surface area contributed by atoms with Gasteiger partial charge in [-0.1, -0.05) is 0 Å². The summed E-state index contributed by atoms with van der Waals surface area (Å²) in [6, 6.07) is 11.0. The maximum atomic E-state index is 13.4. The summed E-state index contributed by atoms with van der Waals surface area (Å²) in [7, 11) is 6.42. The van der Waals surface area contributed by atoms with Crippen LogP contribution in [-0.2, 0) is 9.53 Å². The van der Waals surface area contributed by atoms with Crippen LogP contribution in [0.25, 0.3) is 0 Å². The molecule has 0 saturated carbocycles. The highest BCUT2D eigenvalue weighted by molar-refractivity contribution is 6.03. The second-order valence-corrected chi connectivity index (χ2v) is 8.07. The van der Waals surface area contributed by atoms with Gasteiger partial charge in [0.1, 0.15) is 11.5 Å². The lowest BCUT2D eigenvalue weighted by Crippen LogP contribution is -2.43. The number of amides is 1. The van der Waals surface area contributed by atoms with Crippen LogP contribution in [-0.4, -0.2) is 82.8 Å². The van der Waals surface area contributed by atoms with Crippen molar-refractivity contribution in [3.05, 3.63) is 47.5 Å². The van der Waals surface area contributed by atoms with E-state index >= 15 is 0 Å². The number of carbonyl (C=O) groups is 1. The normalized spacial score (nSPS) is 18.4. The zero-order valence-corrected chi connectivity index (χ0v) is 20.1. The van der Waals surface area contributed by atoms with Crippen LogP contribution in [0.4, 0.5) is 0 Å². The smallest absolute Gasteiger partial charge is 0.257 e. The summed E-state index contributed by atoms with van der Waals surface area (Å²) in [6.45, 7) is 2.98. The van der Waals surface area contributed by atoms with E-state index in [4.69, 9.17) is 28.8 Å². The zero-order valence-electron chi connectivity index (χ0n) is 20.1. The Morgan fingerprint density at radius 1 is 0.941 bits per heavy atom. The molecule has 9 heteroatoms. The third-order valence-electron chi connectivity index (χ3n) is 6.14. The lowest BCUT2D eigenvalue weighted by molar-refractivity contribution is -0.135. The summed E-state index contributed by atoms with van der Waals surface area (Å²) < 4.78 is 27.3. The molecule has 34 heavy (non-hydrogen) atoms. The first-order valence-corrected chi connectivity index (χ1v) is 11.2. The molecular weight excluding hydrogens is 438 g/mol. The van der Waals surface area contributed by atoms with Crippen molar-refractivity contribution in [2.75, 3.05) is 61.3 Å². The highest BCUT2D eigenvalue weighted by Crippen LogP contribution is 2.40. The molecule has 0 radical (unpaired) electrons. The van der Waals surface area contributed by atoms with Gasteiger partial charge in [-0.25, -0.2) is 5.01 Å². The van der Waals surface area contributed by atoms with Gasteiger partial charge in [-0.3, -0.25) is 9.69 Å². The van der Waals surface area contributed by atoms with E-state index in [2.05, 4.69) is 4.90 Å². The maximum Gasteiger partial charge on any atom is 0.257 e. The van der Waals surface area contributed by atoms with Gasteiger partial charge < -0.3 is 23.7 Å². The minimum atomic E-state index is -0.308. The van der Waals surface area contributed by atoms with Crippen molar-refractivity contribution in [2.45, 2.75) is 12.5 Å². The Morgan fingerprint density at radius 3 is 2.35 bits per heavy atom. The second kappa shape index (κ2) is 10.8. The van der Waals surface area contributed by atoms with Crippen LogP contribution in [0.1, 0.15) is 23.6 Å². The fraction of sp³-hybridized carbons (Fsp3) is 0.440. The zero-order chi connectivity index (χ0) is 24.1. The average molecular weight is 470 g/mol. The largest absolute Gasteiger partial charge is 0.497 e. The molecule has 0 unspecified atom stereocenters. The van der Waals surface area contributed by atoms with Crippen LogP contribution < -0.4 is 18.9 Å². The summed E-state index contributed by atoms with van der Waals surface area (Å²) in [5.41, 5.74) is 2.54. The SMILES string of the molecule is COc1ccc([C@H]2CC(c3ccc(OC)c(OC)c3)=NN2C(=O)CN2CCOCC2)c(OC)c1. The molecule has 2 aliphatic rings. The fourth-order valence-electron chi connectivity index (χ4n) is 4.29. The number of hydrazone groups is 1. The minimum Gasteiger partial charge on any atom is -0.497 e. The Balaban J connectivity index is 1.68. The number of rotatable bonds is 8. The van der Waals surface area contributed by atoms with E-state index in [1.54, 1.807) is 33.4 Å². The van der Waals surface area contributed by atoms with Gasteiger partial charge in [0.2, 0.25) is 0 Å². The third kappa shape index (κ3) is 4.95. The molecule has 1 fully saturated rings. The van der Waals surface area contributed by atoms with E-state index in [0.717, 1.165) is 29.9 Å². The lowest BCUT2D eigenvalue weighted by Gasteiger charge is -2.29. The number of benzene rings is 2. The number of carbonyl (C=O) groups excluding carboxylic acids is 1. The Bertz CT molecular complexity index is 1050. The van der Waals surface area contributed by atoms with Gasteiger partial charge in [-0.2, -0.15) is 5.10 Å². The predicted octanol–water partition coefficient (Wildman–Crippen LogP) is 2.73. The Kier molecular flexibility index (Phi) is 7.54. The van der Waals surface area contributed by atoms with E-state index in [0.29, 0.717) is 42.6 Å². The second-order valence-electron chi connectivity index (χ2n) is 8.07. The van der Waals surface area contributed by atoms with E-state index in [1.165, 1.54) is 0 Å². The lowest BCUT2D eigenvalue weighted by atomic mass is 9.97. The van der Waals surface area contributed by atoms with Crippen LogP contribution in [0.3, 0.4) is 0 Å². The molecule has 0 bridgehead atoms. The van der Waals surface area contributed by atoms with E-state index in [1.807, 2.05) is 36.4 Å². The standard InChI is InChI=1S/C25H31N3O6/c1-30-18-6-7-19(23(14-18)32-3)21-15-20(17-5-8-22(31-2)24(13-17)33-4)26-28(21)25(29)16-27-9-11-34-12-10-27/h5-8,13-14,21H,9-12,15-16H2,1-4H3/t21-/m1/s1. The summed E-state index contributed by atoms with van der Waals surface area (Å²) >= 11 is 0. The quantitative estimate of drug-likeness (QED) is 0.588. The van der Waals surface area contributed by atoms with Crippen LogP contribution in [0.15, 0.2) is 41.5 Å². The van der Waals surface area contributed by atoms with Crippen molar-refractivity contribution in [3.63, 3.8) is 0 Å². The van der Waals surface area contributed by atoms with Gasteiger partial charge >= 0.3 is 0 Å². The Morgan fingerprint density at radius 2 is 1.68 bits per heavy atom. The molecule has 0 aliphatic carbocycles. The summed E-state index contributed by atoms with van der Waals surface area (Å²) in [5, 5.41) is 6.38. The van der Waals surface area contributed by atoms with Crippen molar-refractivity contribution in [1.82, 2.24) is 9.91 Å². The molecule has 2 aliphatic heterocycles. The first kappa shape index (κ1) is 23.8. The van der Waals surface area contributed by atoms with Crippen LogP contribution >= 0.6 is 0 Å². The first-order valence-electron chi connectivity index (χ1n) is 11.2. The molecule has 0 aromatic heterocycles. The average Bonchev–Trinajstić information content (AvgIpc) is 3.34. The topological polar surface area (TPSA) is 82.1 Å². The third-order valence-corrected chi connectivity index (χ3v) is 6.14. The van der Waals surface area contributed by atoms with Gasteiger partial charge in [0, 0.05) is 36.7 Å². The Hall–Kier alpha value is -3.30. The molecule has 0 spiro atoms. The van der Waals surface area contributed by atoms with E-state index in [9.17, 15) is 4.79 Å². The number of methoxy groups -OCH3 is 4. The van der Waals surface area contributed by atoms with Crippen molar-refractivity contribution < 1.29 is 28.5 Å². The highest BCUT2D eigenvalue weighted by atomic mass is 16.5. The van der Waals surface area contributed by atoms with Crippen LogP contribution in [0, 0.1) is 0 Å². The fourth-order valence-corrected chi connectivity index (χ4v) is 4.29.